The standard InChI is InChI=1S/C21H25FN2O3S/c1-13(2)21(14(3)4)23-20(25)12-24-18-10-9-15(22)11-17(18)16-7-5-6-8-19(16)28(24,26)27/h5-11,13-14,21H,12H2,1-4H3,(H,23,25). The number of hydrogen-bond acceptors (Lipinski definition) is 3. The molecule has 3 rings (SSSR count). The maximum atomic E-state index is 13.9. The van der Waals surface area contributed by atoms with Crippen molar-refractivity contribution >= 4 is 21.6 Å². The summed E-state index contributed by atoms with van der Waals surface area (Å²) >= 11 is 0. The predicted molar refractivity (Wildman–Crippen MR) is 108 cm³/mol. The lowest BCUT2D eigenvalue weighted by atomic mass is 9.93. The molecule has 0 aromatic heterocycles. The van der Waals surface area contributed by atoms with E-state index in [0.29, 0.717) is 16.8 Å². The smallest absolute Gasteiger partial charge is 0.265 e. The third-order valence-electron chi connectivity index (χ3n) is 5.02. The second-order valence-electron chi connectivity index (χ2n) is 7.75. The zero-order chi connectivity index (χ0) is 20.6. The van der Waals surface area contributed by atoms with Gasteiger partial charge in [-0.3, -0.25) is 9.10 Å². The van der Waals surface area contributed by atoms with Gasteiger partial charge in [0, 0.05) is 17.2 Å². The van der Waals surface area contributed by atoms with Gasteiger partial charge in [-0.2, -0.15) is 0 Å². The number of carbonyl (C=O) groups excluding carboxylic acids is 1. The summed E-state index contributed by atoms with van der Waals surface area (Å²) in [5.41, 5.74) is 1.21. The molecule has 1 heterocycles. The van der Waals surface area contributed by atoms with E-state index in [1.165, 1.54) is 24.3 Å². The van der Waals surface area contributed by atoms with Crippen LogP contribution in [0.15, 0.2) is 47.4 Å². The van der Waals surface area contributed by atoms with Crippen molar-refractivity contribution in [1.82, 2.24) is 5.32 Å². The average molecular weight is 405 g/mol. The SMILES string of the molecule is CC(C)C(NC(=O)CN1c2ccc(F)cc2-c2ccccc2S1(=O)=O)C(C)C. The molecule has 1 N–H and O–H groups in total. The molecule has 150 valence electrons. The average Bonchev–Trinajstić information content (AvgIpc) is 2.63. The molecule has 1 aliphatic heterocycles. The van der Waals surface area contributed by atoms with Crippen LogP contribution >= 0.6 is 0 Å². The molecule has 0 saturated heterocycles. The Hall–Kier alpha value is -2.41. The Morgan fingerprint density at radius 2 is 1.68 bits per heavy atom. The molecule has 0 bridgehead atoms. The van der Waals surface area contributed by atoms with Crippen LogP contribution in [0.2, 0.25) is 0 Å². The Morgan fingerprint density at radius 3 is 2.32 bits per heavy atom. The van der Waals surface area contributed by atoms with Crippen molar-refractivity contribution in [3.63, 3.8) is 0 Å². The van der Waals surface area contributed by atoms with Crippen LogP contribution in [0.5, 0.6) is 0 Å². The fourth-order valence-corrected chi connectivity index (χ4v) is 5.39. The summed E-state index contributed by atoms with van der Waals surface area (Å²) < 4.78 is 41.3. The molecule has 28 heavy (non-hydrogen) atoms. The number of hydrogen-bond donors (Lipinski definition) is 1. The van der Waals surface area contributed by atoms with Crippen LogP contribution in [0.4, 0.5) is 10.1 Å². The van der Waals surface area contributed by atoms with Crippen molar-refractivity contribution in [2.45, 2.75) is 38.6 Å². The minimum absolute atomic E-state index is 0.0695. The molecule has 0 aliphatic carbocycles. The maximum Gasteiger partial charge on any atom is 0.265 e. The molecule has 0 unspecified atom stereocenters. The van der Waals surface area contributed by atoms with Crippen LogP contribution in [-0.4, -0.2) is 26.9 Å². The number of rotatable bonds is 5. The summed E-state index contributed by atoms with van der Waals surface area (Å²) in [6.45, 7) is 7.69. The number of sulfonamides is 1. The molecule has 0 spiro atoms. The predicted octanol–water partition coefficient (Wildman–Crippen LogP) is 3.80. The van der Waals surface area contributed by atoms with Gasteiger partial charge in [-0.15, -0.1) is 0 Å². The van der Waals surface area contributed by atoms with E-state index in [-0.39, 0.29) is 35.2 Å². The summed E-state index contributed by atoms with van der Waals surface area (Å²) in [6, 6.07) is 10.3. The monoisotopic (exact) mass is 404 g/mol. The van der Waals surface area contributed by atoms with Crippen LogP contribution in [0.3, 0.4) is 0 Å². The lowest BCUT2D eigenvalue weighted by Crippen LogP contribution is -2.48. The van der Waals surface area contributed by atoms with Crippen molar-refractivity contribution in [3.8, 4) is 11.1 Å². The lowest BCUT2D eigenvalue weighted by Gasteiger charge is -2.33. The van der Waals surface area contributed by atoms with E-state index in [2.05, 4.69) is 5.32 Å². The van der Waals surface area contributed by atoms with E-state index in [1.807, 2.05) is 27.7 Å². The third-order valence-corrected chi connectivity index (χ3v) is 6.84. The topological polar surface area (TPSA) is 66.5 Å². The quantitative estimate of drug-likeness (QED) is 0.824. The molecule has 5 nitrogen and oxygen atoms in total. The Bertz CT molecular complexity index is 994. The van der Waals surface area contributed by atoms with Gasteiger partial charge in [-0.05, 0) is 36.1 Å². The summed E-state index contributed by atoms with van der Waals surface area (Å²) in [5.74, 6) is -0.421. The number of carbonyl (C=O) groups is 1. The first-order valence-corrected chi connectivity index (χ1v) is 10.8. The minimum Gasteiger partial charge on any atom is -0.351 e. The van der Waals surface area contributed by atoms with Crippen molar-refractivity contribution in [2.75, 3.05) is 10.8 Å². The van der Waals surface area contributed by atoms with E-state index >= 15 is 0 Å². The zero-order valence-corrected chi connectivity index (χ0v) is 17.3. The van der Waals surface area contributed by atoms with E-state index in [0.717, 1.165) is 4.31 Å². The molecule has 0 radical (unpaired) electrons. The normalized spacial score (nSPS) is 14.9. The largest absolute Gasteiger partial charge is 0.351 e. The minimum atomic E-state index is -3.93. The highest BCUT2D eigenvalue weighted by Crippen LogP contribution is 2.42. The van der Waals surface area contributed by atoms with Gasteiger partial charge >= 0.3 is 0 Å². The van der Waals surface area contributed by atoms with Crippen molar-refractivity contribution < 1.29 is 17.6 Å². The number of nitrogens with zero attached hydrogens (tertiary/aromatic N) is 1. The van der Waals surface area contributed by atoms with Crippen molar-refractivity contribution in [3.05, 3.63) is 48.3 Å². The lowest BCUT2D eigenvalue weighted by molar-refractivity contribution is -0.121. The summed E-state index contributed by atoms with van der Waals surface area (Å²) in [6.07, 6.45) is 0. The molecule has 7 heteroatoms. The molecule has 1 aliphatic rings. The number of benzene rings is 2. The molecule has 0 atom stereocenters. The number of anilines is 1. The number of nitrogens with one attached hydrogen (secondary N) is 1. The highest BCUT2D eigenvalue weighted by atomic mass is 32.2. The van der Waals surface area contributed by atoms with Gasteiger partial charge in [0.15, 0.2) is 0 Å². The van der Waals surface area contributed by atoms with Gasteiger partial charge in [0.05, 0.1) is 10.6 Å². The summed E-state index contributed by atoms with van der Waals surface area (Å²) in [5, 5.41) is 2.95. The fourth-order valence-electron chi connectivity index (χ4n) is 3.74. The van der Waals surface area contributed by atoms with Crippen molar-refractivity contribution in [2.24, 2.45) is 11.8 Å². The Morgan fingerprint density at radius 1 is 1.04 bits per heavy atom. The second-order valence-corrected chi connectivity index (χ2v) is 9.58. The zero-order valence-electron chi connectivity index (χ0n) is 16.4. The van der Waals surface area contributed by atoms with Crippen LogP contribution in [-0.2, 0) is 14.8 Å². The van der Waals surface area contributed by atoms with Gasteiger partial charge in [-0.25, -0.2) is 12.8 Å². The van der Waals surface area contributed by atoms with Gasteiger partial charge < -0.3 is 5.32 Å². The van der Waals surface area contributed by atoms with Gasteiger partial charge in [0.25, 0.3) is 10.0 Å². The van der Waals surface area contributed by atoms with Crippen LogP contribution in [0, 0.1) is 17.7 Å². The number of fused-ring (bicyclic) bond motifs is 3. The van der Waals surface area contributed by atoms with E-state index in [9.17, 15) is 17.6 Å². The molecule has 2 aromatic rings. The fraction of sp³-hybridized carbons (Fsp3) is 0.381. The highest BCUT2D eigenvalue weighted by Gasteiger charge is 2.36. The molecule has 2 aromatic carbocycles. The van der Waals surface area contributed by atoms with Crippen LogP contribution in [0.1, 0.15) is 27.7 Å². The number of amides is 1. The molecule has 0 fully saturated rings. The van der Waals surface area contributed by atoms with E-state index < -0.39 is 15.8 Å². The summed E-state index contributed by atoms with van der Waals surface area (Å²) in [4.78, 5) is 12.8. The molecule has 0 saturated carbocycles. The van der Waals surface area contributed by atoms with Gasteiger partial charge in [-0.1, -0.05) is 45.9 Å². The maximum absolute atomic E-state index is 13.9. The Balaban J connectivity index is 2.01. The number of halogens is 1. The second kappa shape index (κ2) is 7.54. The molecular weight excluding hydrogens is 379 g/mol. The first-order valence-electron chi connectivity index (χ1n) is 9.34. The summed E-state index contributed by atoms with van der Waals surface area (Å²) in [7, 11) is -3.93. The molecular formula is C21H25FN2O3S. The van der Waals surface area contributed by atoms with Crippen LogP contribution < -0.4 is 9.62 Å². The highest BCUT2D eigenvalue weighted by molar-refractivity contribution is 7.93. The Kier molecular flexibility index (Phi) is 5.48. The first kappa shape index (κ1) is 20.3. The van der Waals surface area contributed by atoms with Crippen molar-refractivity contribution in [1.29, 1.82) is 0 Å². The van der Waals surface area contributed by atoms with Gasteiger partial charge in [0.2, 0.25) is 5.91 Å². The van der Waals surface area contributed by atoms with Gasteiger partial charge in [0.1, 0.15) is 12.4 Å². The van der Waals surface area contributed by atoms with E-state index in [4.69, 9.17) is 0 Å². The van der Waals surface area contributed by atoms with Crippen LogP contribution in [0.25, 0.3) is 11.1 Å². The molecule has 1 amide bonds. The Labute approximate surface area is 165 Å². The first-order chi connectivity index (χ1) is 13.1. The third kappa shape index (κ3) is 3.63. The van der Waals surface area contributed by atoms with E-state index in [1.54, 1.807) is 18.2 Å².